The number of benzene rings is 3. The molecule has 0 bridgehead atoms. The molecular weight excluding hydrogens is 320 g/mol. The summed E-state index contributed by atoms with van der Waals surface area (Å²) in [6, 6.07) is 23.5. The van der Waals surface area contributed by atoms with Crippen molar-refractivity contribution in [2.45, 2.75) is 26.3 Å². The van der Waals surface area contributed by atoms with Crippen molar-refractivity contribution in [3.05, 3.63) is 78.1 Å². The van der Waals surface area contributed by atoms with E-state index in [1.165, 1.54) is 21.9 Å². The molecule has 0 fully saturated rings. The second kappa shape index (κ2) is 7.71. The molecule has 132 valence electrons. The Morgan fingerprint density at radius 2 is 1.73 bits per heavy atom. The predicted octanol–water partition coefficient (Wildman–Crippen LogP) is 5.21. The van der Waals surface area contributed by atoms with E-state index in [4.69, 9.17) is 9.72 Å². The van der Waals surface area contributed by atoms with Crippen LogP contribution in [0.1, 0.15) is 24.7 Å². The Morgan fingerprint density at radius 1 is 0.923 bits per heavy atom. The zero-order valence-corrected chi connectivity index (χ0v) is 15.2. The Morgan fingerprint density at radius 3 is 2.65 bits per heavy atom. The number of nitrogens with zero attached hydrogens (tertiary/aromatic N) is 2. The van der Waals surface area contributed by atoms with E-state index in [0.717, 1.165) is 43.9 Å². The van der Waals surface area contributed by atoms with Crippen molar-refractivity contribution in [2.75, 3.05) is 13.2 Å². The molecule has 0 amide bonds. The highest BCUT2D eigenvalue weighted by Gasteiger charge is 2.12. The highest BCUT2D eigenvalue weighted by Crippen LogP contribution is 2.24. The lowest BCUT2D eigenvalue weighted by atomic mass is 10.0. The first-order chi connectivity index (χ1) is 12.9. The maximum absolute atomic E-state index is 5.53. The van der Waals surface area contributed by atoms with Crippen LogP contribution >= 0.6 is 0 Å². The van der Waals surface area contributed by atoms with Gasteiger partial charge in [-0.3, -0.25) is 0 Å². The molecule has 0 unspecified atom stereocenters. The summed E-state index contributed by atoms with van der Waals surface area (Å²) in [5.74, 6) is 1.12. The summed E-state index contributed by atoms with van der Waals surface area (Å²) in [7, 11) is 0. The summed E-state index contributed by atoms with van der Waals surface area (Å²) in [6.07, 6.45) is 1.83. The Bertz CT molecular complexity index is 1010. The van der Waals surface area contributed by atoms with Gasteiger partial charge >= 0.3 is 0 Å². The van der Waals surface area contributed by atoms with Gasteiger partial charge in [0.05, 0.1) is 11.0 Å². The summed E-state index contributed by atoms with van der Waals surface area (Å²) >= 11 is 0. The number of aromatic nitrogens is 2. The molecule has 0 N–H and O–H groups in total. The summed E-state index contributed by atoms with van der Waals surface area (Å²) in [5, 5.41) is 2.59. The predicted molar refractivity (Wildman–Crippen MR) is 108 cm³/mol. The molecule has 0 saturated carbocycles. The van der Waals surface area contributed by atoms with Crippen molar-refractivity contribution in [2.24, 2.45) is 0 Å². The molecule has 3 heteroatoms. The number of rotatable bonds is 7. The van der Waals surface area contributed by atoms with Crippen LogP contribution in [0.2, 0.25) is 0 Å². The molecule has 4 rings (SSSR count). The van der Waals surface area contributed by atoms with Gasteiger partial charge in [-0.25, -0.2) is 4.98 Å². The van der Waals surface area contributed by atoms with Crippen LogP contribution < -0.4 is 0 Å². The molecule has 0 aliphatic carbocycles. The number of hydrogen-bond donors (Lipinski definition) is 0. The van der Waals surface area contributed by atoms with Crippen LogP contribution in [0.3, 0.4) is 0 Å². The van der Waals surface area contributed by atoms with Crippen LogP contribution in [0.4, 0.5) is 0 Å². The molecule has 1 aromatic heterocycles. The minimum atomic E-state index is 0.771. The lowest BCUT2D eigenvalue weighted by Crippen LogP contribution is -2.07. The first-order valence-electron chi connectivity index (χ1n) is 9.35. The van der Waals surface area contributed by atoms with E-state index in [9.17, 15) is 0 Å². The standard InChI is InChI=1S/C23H24N2O/c1-2-26-16-8-15-25-22-14-6-5-13-21(22)24-23(25)17-19-11-7-10-18-9-3-4-12-20(18)19/h3-7,9-14H,2,8,15-17H2,1H3. The smallest absolute Gasteiger partial charge is 0.114 e. The maximum Gasteiger partial charge on any atom is 0.114 e. The van der Waals surface area contributed by atoms with Gasteiger partial charge in [0, 0.05) is 26.2 Å². The van der Waals surface area contributed by atoms with Crippen molar-refractivity contribution >= 4 is 21.8 Å². The van der Waals surface area contributed by atoms with Crippen molar-refractivity contribution in [1.82, 2.24) is 9.55 Å². The second-order valence-corrected chi connectivity index (χ2v) is 6.53. The fraction of sp³-hybridized carbons (Fsp3) is 0.261. The average molecular weight is 344 g/mol. The molecule has 3 nitrogen and oxygen atoms in total. The molecule has 0 atom stereocenters. The second-order valence-electron chi connectivity index (χ2n) is 6.53. The molecular formula is C23H24N2O. The Hall–Kier alpha value is -2.65. The van der Waals surface area contributed by atoms with Crippen molar-refractivity contribution < 1.29 is 4.74 Å². The van der Waals surface area contributed by atoms with E-state index in [-0.39, 0.29) is 0 Å². The third-order valence-corrected chi connectivity index (χ3v) is 4.84. The Kier molecular flexibility index (Phi) is 4.98. The molecule has 0 aliphatic heterocycles. The Balaban J connectivity index is 1.71. The van der Waals surface area contributed by atoms with Gasteiger partial charge in [-0.05, 0) is 41.8 Å². The Labute approximate surface area is 154 Å². The highest BCUT2D eigenvalue weighted by molar-refractivity contribution is 5.86. The lowest BCUT2D eigenvalue weighted by molar-refractivity contribution is 0.141. The van der Waals surface area contributed by atoms with E-state index >= 15 is 0 Å². The van der Waals surface area contributed by atoms with E-state index < -0.39 is 0 Å². The third-order valence-electron chi connectivity index (χ3n) is 4.84. The van der Waals surface area contributed by atoms with Crippen LogP contribution in [-0.4, -0.2) is 22.8 Å². The average Bonchev–Trinajstić information content (AvgIpc) is 3.03. The van der Waals surface area contributed by atoms with Gasteiger partial charge in [-0.2, -0.15) is 0 Å². The number of hydrogen-bond acceptors (Lipinski definition) is 2. The largest absolute Gasteiger partial charge is 0.382 e. The van der Waals surface area contributed by atoms with Crippen LogP contribution in [0.15, 0.2) is 66.7 Å². The quantitative estimate of drug-likeness (QED) is 0.431. The van der Waals surface area contributed by atoms with Crippen LogP contribution in [0, 0.1) is 0 Å². The van der Waals surface area contributed by atoms with Gasteiger partial charge in [0.15, 0.2) is 0 Å². The zero-order valence-electron chi connectivity index (χ0n) is 15.2. The lowest BCUT2D eigenvalue weighted by Gasteiger charge is -2.11. The summed E-state index contributed by atoms with van der Waals surface area (Å²) < 4.78 is 7.88. The molecule has 0 spiro atoms. The van der Waals surface area contributed by atoms with Crippen molar-refractivity contribution in [1.29, 1.82) is 0 Å². The molecule has 0 radical (unpaired) electrons. The zero-order chi connectivity index (χ0) is 17.8. The van der Waals surface area contributed by atoms with Gasteiger partial charge in [-0.1, -0.05) is 54.6 Å². The fourth-order valence-electron chi connectivity index (χ4n) is 3.60. The van der Waals surface area contributed by atoms with Gasteiger partial charge in [-0.15, -0.1) is 0 Å². The summed E-state index contributed by atoms with van der Waals surface area (Å²) in [5.41, 5.74) is 3.60. The van der Waals surface area contributed by atoms with E-state index in [0.29, 0.717) is 0 Å². The van der Waals surface area contributed by atoms with E-state index in [1.807, 2.05) is 6.92 Å². The monoisotopic (exact) mass is 344 g/mol. The normalized spacial score (nSPS) is 11.4. The molecule has 0 saturated heterocycles. The van der Waals surface area contributed by atoms with Gasteiger partial charge in [0.1, 0.15) is 5.82 Å². The van der Waals surface area contributed by atoms with Gasteiger partial charge in [0.2, 0.25) is 0 Å². The van der Waals surface area contributed by atoms with Crippen LogP contribution in [0.5, 0.6) is 0 Å². The molecule has 26 heavy (non-hydrogen) atoms. The fourth-order valence-corrected chi connectivity index (χ4v) is 3.60. The number of ether oxygens (including phenoxy) is 1. The number of fused-ring (bicyclic) bond motifs is 2. The maximum atomic E-state index is 5.53. The highest BCUT2D eigenvalue weighted by atomic mass is 16.5. The molecule has 1 heterocycles. The van der Waals surface area contributed by atoms with Gasteiger partial charge < -0.3 is 9.30 Å². The SMILES string of the molecule is CCOCCCn1c(Cc2cccc3ccccc23)nc2ccccc21. The van der Waals surface area contributed by atoms with Crippen molar-refractivity contribution in [3.63, 3.8) is 0 Å². The molecule has 0 aliphatic rings. The number of aryl methyl sites for hydroxylation is 1. The minimum Gasteiger partial charge on any atom is -0.382 e. The van der Waals surface area contributed by atoms with E-state index in [1.54, 1.807) is 0 Å². The van der Waals surface area contributed by atoms with Crippen LogP contribution in [-0.2, 0) is 17.7 Å². The first-order valence-corrected chi connectivity index (χ1v) is 9.35. The summed E-state index contributed by atoms with van der Waals surface area (Å²) in [6.45, 7) is 4.53. The topological polar surface area (TPSA) is 27.1 Å². The molecule has 3 aromatic carbocycles. The minimum absolute atomic E-state index is 0.771. The third kappa shape index (κ3) is 3.35. The first kappa shape index (κ1) is 16.8. The molecule has 4 aromatic rings. The van der Waals surface area contributed by atoms with Crippen LogP contribution in [0.25, 0.3) is 21.8 Å². The summed E-state index contributed by atoms with van der Waals surface area (Å²) in [4.78, 5) is 4.94. The number of imidazole rings is 1. The number of para-hydroxylation sites is 2. The van der Waals surface area contributed by atoms with E-state index in [2.05, 4.69) is 71.3 Å². The van der Waals surface area contributed by atoms with Gasteiger partial charge in [0.25, 0.3) is 0 Å². The van der Waals surface area contributed by atoms with Crippen molar-refractivity contribution in [3.8, 4) is 0 Å².